The molecule has 0 bridgehead atoms. The summed E-state index contributed by atoms with van der Waals surface area (Å²) in [6.07, 6.45) is 10.1. The first kappa shape index (κ1) is 14.1. The van der Waals surface area contributed by atoms with Gasteiger partial charge in [0.25, 0.3) is 0 Å². The van der Waals surface area contributed by atoms with E-state index < -0.39 is 0 Å². The lowest BCUT2D eigenvalue weighted by atomic mass is 10.0. The average Bonchev–Trinajstić information content (AvgIpc) is 2.35. The van der Waals surface area contributed by atoms with Gasteiger partial charge < -0.3 is 5.11 Å². The molecule has 0 fully saturated rings. The SMILES string of the molecule is CCCCCCCCc1ccc(O)c(CC)c1. The fourth-order valence-electron chi connectivity index (χ4n) is 2.19. The Bertz CT molecular complexity index is 317. The van der Waals surface area contributed by atoms with E-state index in [2.05, 4.69) is 26.0 Å². The summed E-state index contributed by atoms with van der Waals surface area (Å²) in [7, 11) is 0. The molecular formula is C16H26O. The van der Waals surface area contributed by atoms with Gasteiger partial charge in [0.05, 0.1) is 0 Å². The van der Waals surface area contributed by atoms with Gasteiger partial charge in [-0.3, -0.25) is 0 Å². The molecule has 1 nitrogen and oxygen atoms in total. The lowest BCUT2D eigenvalue weighted by molar-refractivity contribution is 0.468. The predicted octanol–water partition coefficient (Wildman–Crippen LogP) is 4.86. The summed E-state index contributed by atoms with van der Waals surface area (Å²) in [6, 6.07) is 6.05. The number of aryl methyl sites for hydroxylation is 2. The molecular weight excluding hydrogens is 208 g/mol. The van der Waals surface area contributed by atoms with Crippen LogP contribution in [0.3, 0.4) is 0 Å². The minimum absolute atomic E-state index is 0.444. The van der Waals surface area contributed by atoms with Gasteiger partial charge in [-0.25, -0.2) is 0 Å². The van der Waals surface area contributed by atoms with E-state index >= 15 is 0 Å². The second-order valence-electron chi connectivity index (χ2n) is 4.83. The van der Waals surface area contributed by atoms with Gasteiger partial charge in [-0.05, 0) is 36.5 Å². The Morgan fingerprint density at radius 2 is 1.65 bits per heavy atom. The molecule has 0 radical (unpaired) electrons. The summed E-state index contributed by atoms with van der Waals surface area (Å²) in [5, 5.41) is 9.60. The molecule has 0 aliphatic rings. The number of aromatic hydroxyl groups is 1. The Labute approximate surface area is 106 Å². The van der Waals surface area contributed by atoms with Crippen molar-refractivity contribution in [3.05, 3.63) is 29.3 Å². The van der Waals surface area contributed by atoms with Crippen LogP contribution in [-0.4, -0.2) is 5.11 Å². The number of benzene rings is 1. The minimum atomic E-state index is 0.444. The van der Waals surface area contributed by atoms with Gasteiger partial charge in [-0.2, -0.15) is 0 Å². The molecule has 0 unspecified atom stereocenters. The molecule has 0 atom stereocenters. The third-order valence-electron chi connectivity index (χ3n) is 3.34. The van der Waals surface area contributed by atoms with Crippen molar-refractivity contribution in [2.24, 2.45) is 0 Å². The molecule has 1 N–H and O–H groups in total. The van der Waals surface area contributed by atoms with Crippen LogP contribution in [0.2, 0.25) is 0 Å². The number of hydrogen-bond acceptors (Lipinski definition) is 1. The fraction of sp³-hybridized carbons (Fsp3) is 0.625. The summed E-state index contributed by atoms with van der Waals surface area (Å²) in [5.74, 6) is 0.444. The van der Waals surface area contributed by atoms with Crippen LogP contribution in [0.5, 0.6) is 5.75 Å². The maximum Gasteiger partial charge on any atom is 0.118 e. The van der Waals surface area contributed by atoms with Crippen molar-refractivity contribution in [3.8, 4) is 5.75 Å². The van der Waals surface area contributed by atoms with Crippen molar-refractivity contribution < 1.29 is 5.11 Å². The van der Waals surface area contributed by atoms with Crippen molar-refractivity contribution >= 4 is 0 Å². The maximum absolute atomic E-state index is 9.60. The standard InChI is InChI=1S/C16H26O/c1-3-5-6-7-8-9-10-14-11-12-16(17)15(4-2)13-14/h11-13,17H,3-10H2,1-2H3. The van der Waals surface area contributed by atoms with E-state index in [-0.39, 0.29) is 0 Å². The number of rotatable bonds is 8. The molecule has 1 heteroatoms. The lowest BCUT2D eigenvalue weighted by Gasteiger charge is -2.06. The van der Waals surface area contributed by atoms with Gasteiger partial charge >= 0.3 is 0 Å². The Kier molecular flexibility index (Phi) is 6.76. The first-order valence-electron chi connectivity index (χ1n) is 7.08. The zero-order valence-corrected chi connectivity index (χ0v) is 11.3. The summed E-state index contributed by atoms with van der Waals surface area (Å²) in [6.45, 7) is 4.34. The molecule has 0 amide bonds. The largest absolute Gasteiger partial charge is 0.508 e. The molecule has 0 heterocycles. The molecule has 17 heavy (non-hydrogen) atoms. The highest BCUT2D eigenvalue weighted by molar-refractivity contribution is 5.36. The van der Waals surface area contributed by atoms with Crippen LogP contribution in [0.15, 0.2) is 18.2 Å². The Balaban J connectivity index is 2.27. The molecule has 0 aliphatic heterocycles. The van der Waals surface area contributed by atoms with Crippen LogP contribution in [0.1, 0.15) is 63.5 Å². The predicted molar refractivity (Wildman–Crippen MR) is 74.6 cm³/mol. The molecule has 0 saturated carbocycles. The topological polar surface area (TPSA) is 20.2 Å². The van der Waals surface area contributed by atoms with E-state index in [1.807, 2.05) is 6.07 Å². The van der Waals surface area contributed by atoms with E-state index in [0.29, 0.717) is 5.75 Å². The van der Waals surface area contributed by atoms with Crippen molar-refractivity contribution in [2.75, 3.05) is 0 Å². The number of phenolic OH excluding ortho intramolecular Hbond substituents is 1. The van der Waals surface area contributed by atoms with Crippen molar-refractivity contribution in [1.29, 1.82) is 0 Å². The molecule has 0 aliphatic carbocycles. The van der Waals surface area contributed by atoms with Crippen LogP contribution >= 0.6 is 0 Å². The second-order valence-corrected chi connectivity index (χ2v) is 4.83. The number of unbranched alkanes of at least 4 members (excludes halogenated alkanes) is 5. The number of phenols is 1. The zero-order valence-electron chi connectivity index (χ0n) is 11.3. The molecule has 1 aromatic carbocycles. The van der Waals surface area contributed by atoms with E-state index in [1.54, 1.807) is 0 Å². The van der Waals surface area contributed by atoms with Crippen molar-refractivity contribution in [2.45, 2.75) is 65.2 Å². The normalized spacial score (nSPS) is 10.7. The second kappa shape index (κ2) is 8.16. The third kappa shape index (κ3) is 5.25. The van der Waals surface area contributed by atoms with Gasteiger partial charge in [0.1, 0.15) is 5.75 Å². The quantitative estimate of drug-likeness (QED) is 0.637. The third-order valence-corrected chi connectivity index (χ3v) is 3.34. The smallest absolute Gasteiger partial charge is 0.118 e. The highest BCUT2D eigenvalue weighted by Gasteiger charge is 2.00. The van der Waals surface area contributed by atoms with Gasteiger partial charge in [0.15, 0.2) is 0 Å². The number of hydrogen-bond donors (Lipinski definition) is 1. The van der Waals surface area contributed by atoms with Crippen molar-refractivity contribution in [1.82, 2.24) is 0 Å². The molecule has 0 aromatic heterocycles. The lowest BCUT2D eigenvalue weighted by Crippen LogP contribution is -1.89. The maximum atomic E-state index is 9.60. The van der Waals surface area contributed by atoms with E-state index in [1.165, 1.54) is 44.1 Å². The summed E-state index contributed by atoms with van der Waals surface area (Å²) < 4.78 is 0. The zero-order chi connectivity index (χ0) is 12.5. The monoisotopic (exact) mass is 234 g/mol. The first-order valence-corrected chi connectivity index (χ1v) is 7.08. The molecule has 0 spiro atoms. The Hall–Kier alpha value is -0.980. The van der Waals surface area contributed by atoms with Crippen LogP contribution in [0.25, 0.3) is 0 Å². The fourth-order valence-corrected chi connectivity index (χ4v) is 2.19. The highest BCUT2D eigenvalue weighted by Crippen LogP contribution is 2.20. The average molecular weight is 234 g/mol. The van der Waals surface area contributed by atoms with Crippen LogP contribution < -0.4 is 0 Å². The van der Waals surface area contributed by atoms with Crippen LogP contribution in [0.4, 0.5) is 0 Å². The highest BCUT2D eigenvalue weighted by atomic mass is 16.3. The van der Waals surface area contributed by atoms with E-state index in [0.717, 1.165) is 18.4 Å². The van der Waals surface area contributed by atoms with Gasteiger partial charge in [0, 0.05) is 0 Å². The summed E-state index contributed by atoms with van der Waals surface area (Å²) >= 11 is 0. The first-order chi connectivity index (χ1) is 8.27. The summed E-state index contributed by atoms with van der Waals surface area (Å²) in [4.78, 5) is 0. The van der Waals surface area contributed by atoms with E-state index in [4.69, 9.17) is 0 Å². The van der Waals surface area contributed by atoms with Crippen molar-refractivity contribution in [3.63, 3.8) is 0 Å². The van der Waals surface area contributed by atoms with Gasteiger partial charge in [0.2, 0.25) is 0 Å². The molecule has 0 saturated heterocycles. The van der Waals surface area contributed by atoms with E-state index in [9.17, 15) is 5.11 Å². The molecule has 1 rings (SSSR count). The Morgan fingerprint density at radius 3 is 2.35 bits per heavy atom. The Morgan fingerprint density at radius 1 is 0.941 bits per heavy atom. The molecule has 1 aromatic rings. The van der Waals surface area contributed by atoms with Crippen LogP contribution in [-0.2, 0) is 12.8 Å². The van der Waals surface area contributed by atoms with Gasteiger partial charge in [-0.1, -0.05) is 58.1 Å². The molecule has 96 valence electrons. The minimum Gasteiger partial charge on any atom is -0.508 e. The van der Waals surface area contributed by atoms with Crippen LogP contribution in [0, 0.1) is 0 Å². The summed E-state index contributed by atoms with van der Waals surface area (Å²) in [5.41, 5.74) is 2.45. The van der Waals surface area contributed by atoms with Gasteiger partial charge in [-0.15, -0.1) is 0 Å².